The lowest BCUT2D eigenvalue weighted by Gasteiger charge is -2.25. The van der Waals surface area contributed by atoms with Crippen LogP contribution in [0.5, 0.6) is 0 Å². The van der Waals surface area contributed by atoms with E-state index in [9.17, 15) is 0 Å². The molecule has 1 saturated carbocycles. The standard InChI is InChI=1S/C19H26N4S/c1-20-19-10-6-9-17(23-19)16-13-15(24-21-2)11-12-18(16)22-14-7-4-3-5-8-14/h6,9-14,21-22H,3-5,7-8H2,1-2H3,(H,20,23). The van der Waals surface area contributed by atoms with Crippen molar-refractivity contribution in [1.82, 2.24) is 9.71 Å². The van der Waals surface area contributed by atoms with Crippen LogP contribution in [0.4, 0.5) is 11.5 Å². The highest BCUT2D eigenvalue weighted by Gasteiger charge is 2.16. The quantitative estimate of drug-likeness (QED) is 0.661. The maximum absolute atomic E-state index is 4.74. The molecular formula is C19H26N4S. The zero-order valence-electron chi connectivity index (χ0n) is 14.4. The summed E-state index contributed by atoms with van der Waals surface area (Å²) >= 11 is 1.63. The Hall–Kier alpha value is -1.72. The van der Waals surface area contributed by atoms with Gasteiger partial charge in [-0.25, -0.2) is 4.98 Å². The van der Waals surface area contributed by atoms with Gasteiger partial charge in [-0.1, -0.05) is 25.3 Å². The van der Waals surface area contributed by atoms with Crippen LogP contribution in [0.3, 0.4) is 0 Å². The molecule has 128 valence electrons. The Labute approximate surface area is 149 Å². The molecule has 0 radical (unpaired) electrons. The van der Waals surface area contributed by atoms with Crippen molar-refractivity contribution in [3.8, 4) is 11.3 Å². The van der Waals surface area contributed by atoms with Crippen molar-refractivity contribution in [1.29, 1.82) is 0 Å². The van der Waals surface area contributed by atoms with Crippen LogP contribution in [-0.2, 0) is 0 Å². The van der Waals surface area contributed by atoms with Gasteiger partial charge in [0.25, 0.3) is 0 Å². The smallest absolute Gasteiger partial charge is 0.126 e. The lowest BCUT2D eigenvalue weighted by Crippen LogP contribution is -2.22. The van der Waals surface area contributed by atoms with Crippen molar-refractivity contribution >= 4 is 23.5 Å². The third-order valence-electron chi connectivity index (χ3n) is 4.46. The van der Waals surface area contributed by atoms with E-state index < -0.39 is 0 Å². The molecule has 1 aromatic carbocycles. The number of anilines is 2. The van der Waals surface area contributed by atoms with Gasteiger partial charge in [0, 0.05) is 29.2 Å². The first kappa shape index (κ1) is 17.1. The Morgan fingerprint density at radius 3 is 2.62 bits per heavy atom. The molecule has 0 saturated heterocycles. The van der Waals surface area contributed by atoms with Gasteiger partial charge in [-0.05, 0) is 62.2 Å². The second kappa shape index (κ2) is 8.40. The number of benzene rings is 1. The summed E-state index contributed by atoms with van der Waals surface area (Å²) in [6, 6.07) is 13.3. The van der Waals surface area contributed by atoms with Crippen LogP contribution in [-0.4, -0.2) is 25.1 Å². The molecule has 2 aromatic rings. The van der Waals surface area contributed by atoms with E-state index in [2.05, 4.69) is 45.7 Å². The number of nitrogens with zero attached hydrogens (tertiary/aromatic N) is 1. The molecule has 1 aliphatic carbocycles. The summed E-state index contributed by atoms with van der Waals surface area (Å²) in [6.45, 7) is 0. The molecule has 0 unspecified atom stereocenters. The summed E-state index contributed by atoms with van der Waals surface area (Å²) in [5.41, 5.74) is 3.35. The minimum absolute atomic E-state index is 0.577. The van der Waals surface area contributed by atoms with E-state index in [1.165, 1.54) is 42.7 Å². The summed E-state index contributed by atoms with van der Waals surface area (Å²) in [7, 11) is 3.85. The Kier molecular flexibility index (Phi) is 5.99. The van der Waals surface area contributed by atoms with Crippen molar-refractivity contribution in [2.24, 2.45) is 0 Å². The highest BCUT2D eigenvalue weighted by Crippen LogP contribution is 2.33. The van der Waals surface area contributed by atoms with Gasteiger partial charge < -0.3 is 10.6 Å². The molecule has 1 heterocycles. The summed E-state index contributed by atoms with van der Waals surface area (Å²) in [6.07, 6.45) is 6.55. The average Bonchev–Trinajstić information content (AvgIpc) is 2.64. The fourth-order valence-electron chi connectivity index (χ4n) is 3.23. The van der Waals surface area contributed by atoms with Crippen LogP contribution in [0, 0.1) is 0 Å². The monoisotopic (exact) mass is 342 g/mol. The van der Waals surface area contributed by atoms with Gasteiger partial charge in [-0.15, -0.1) is 0 Å². The second-order valence-electron chi connectivity index (χ2n) is 6.15. The van der Waals surface area contributed by atoms with E-state index >= 15 is 0 Å². The Bertz CT molecular complexity index is 668. The molecule has 0 spiro atoms. The molecule has 0 aliphatic heterocycles. The predicted octanol–water partition coefficient (Wildman–Crippen LogP) is 4.76. The van der Waals surface area contributed by atoms with E-state index in [4.69, 9.17) is 4.98 Å². The minimum Gasteiger partial charge on any atom is -0.382 e. The minimum atomic E-state index is 0.577. The highest BCUT2D eigenvalue weighted by molar-refractivity contribution is 7.97. The zero-order chi connectivity index (χ0) is 16.8. The van der Waals surface area contributed by atoms with Crippen LogP contribution in [0.1, 0.15) is 32.1 Å². The molecule has 24 heavy (non-hydrogen) atoms. The maximum atomic E-state index is 4.74. The molecule has 0 atom stereocenters. The second-order valence-corrected chi connectivity index (χ2v) is 7.23. The van der Waals surface area contributed by atoms with Gasteiger partial charge in [0.05, 0.1) is 5.69 Å². The molecule has 0 bridgehead atoms. The van der Waals surface area contributed by atoms with E-state index in [1.807, 2.05) is 20.2 Å². The lowest BCUT2D eigenvalue weighted by atomic mass is 9.95. The molecule has 3 rings (SSSR count). The summed E-state index contributed by atoms with van der Waals surface area (Å²) in [5.74, 6) is 0.891. The van der Waals surface area contributed by atoms with Crippen LogP contribution in [0.2, 0.25) is 0 Å². The van der Waals surface area contributed by atoms with Crippen LogP contribution >= 0.6 is 11.9 Å². The summed E-state index contributed by atoms with van der Waals surface area (Å²) in [4.78, 5) is 5.93. The van der Waals surface area contributed by atoms with Gasteiger partial charge in [-0.2, -0.15) is 0 Å². The number of hydrogen-bond acceptors (Lipinski definition) is 5. The van der Waals surface area contributed by atoms with Crippen LogP contribution < -0.4 is 15.4 Å². The lowest BCUT2D eigenvalue weighted by molar-refractivity contribution is 0.463. The molecule has 1 aromatic heterocycles. The molecule has 1 aliphatic rings. The summed E-state index contributed by atoms with van der Waals surface area (Å²) in [5, 5.41) is 6.89. The Morgan fingerprint density at radius 2 is 1.88 bits per heavy atom. The van der Waals surface area contributed by atoms with Gasteiger partial charge in [0.15, 0.2) is 0 Å². The van der Waals surface area contributed by atoms with E-state index in [0.717, 1.165) is 17.1 Å². The molecular weight excluding hydrogens is 316 g/mol. The third-order valence-corrected chi connectivity index (χ3v) is 5.15. The molecule has 1 fully saturated rings. The molecule has 4 nitrogen and oxygen atoms in total. The number of hydrogen-bond donors (Lipinski definition) is 3. The number of rotatable bonds is 6. The fraction of sp³-hybridized carbons (Fsp3) is 0.421. The maximum Gasteiger partial charge on any atom is 0.126 e. The highest BCUT2D eigenvalue weighted by atomic mass is 32.2. The topological polar surface area (TPSA) is 49.0 Å². The van der Waals surface area contributed by atoms with E-state index in [0.29, 0.717) is 6.04 Å². The van der Waals surface area contributed by atoms with Crippen molar-refractivity contribution in [2.45, 2.75) is 43.0 Å². The summed E-state index contributed by atoms with van der Waals surface area (Å²) < 4.78 is 3.15. The van der Waals surface area contributed by atoms with Gasteiger partial charge >= 0.3 is 0 Å². The molecule has 3 N–H and O–H groups in total. The van der Waals surface area contributed by atoms with Gasteiger partial charge in [-0.3, -0.25) is 4.72 Å². The Morgan fingerprint density at radius 1 is 1.04 bits per heavy atom. The Balaban J connectivity index is 1.94. The molecule has 0 amide bonds. The van der Waals surface area contributed by atoms with Crippen molar-refractivity contribution in [3.05, 3.63) is 36.4 Å². The molecule has 5 heteroatoms. The predicted molar refractivity (Wildman–Crippen MR) is 105 cm³/mol. The number of pyridine rings is 1. The van der Waals surface area contributed by atoms with Gasteiger partial charge in [0.1, 0.15) is 5.82 Å². The first-order valence-electron chi connectivity index (χ1n) is 8.69. The fourth-order valence-corrected chi connectivity index (χ4v) is 3.78. The largest absolute Gasteiger partial charge is 0.382 e. The van der Waals surface area contributed by atoms with E-state index in [-0.39, 0.29) is 0 Å². The SMILES string of the molecule is CNSc1ccc(NC2CCCCC2)c(-c2cccc(NC)n2)c1. The third kappa shape index (κ3) is 4.22. The number of aromatic nitrogens is 1. The average molecular weight is 343 g/mol. The first-order chi connectivity index (χ1) is 11.8. The van der Waals surface area contributed by atoms with Crippen molar-refractivity contribution < 1.29 is 0 Å². The number of nitrogens with one attached hydrogen (secondary N) is 3. The van der Waals surface area contributed by atoms with E-state index in [1.54, 1.807) is 11.9 Å². The normalized spacial score (nSPS) is 15.2. The van der Waals surface area contributed by atoms with Crippen LogP contribution in [0.25, 0.3) is 11.3 Å². The van der Waals surface area contributed by atoms with Gasteiger partial charge in [0.2, 0.25) is 0 Å². The van der Waals surface area contributed by atoms with Crippen molar-refractivity contribution in [3.63, 3.8) is 0 Å². The zero-order valence-corrected chi connectivity index (χ0v) is 15.2. The first-order valence-corrected chi connectivity index (χ1v) is 9.51. The van der Waals surface area contributed by atoms with Crippen LogP contribution in [0.15, 0.2) is 41.3 Å². The van der Waals surface area contributed by atoms with Crippen molar-refractivity contribution in [2.75, 3.05) is 24.7 Å².